The summed E-state index contributed by atoms with van der Waals surface area (Å²) in [6, 6.07) is 5.57. The minimum Gasteiger partial charge on any atom is -0.493 e. The second-order valence-electron chi connectivity index (χ2n) is 6.22. The molecule has 1 N–H and O–H groups in total. The van der Waals surface area contributed by atoms with E-state index in [-0.39, 0.29) is 5.65 Å². The van der Waals surface area contributed by atoms with Gasteiger partial charge >= 0.3 is 6.18 Å². The highest BCUT2D eigenvalue weighted by molar-refractivity contribution is 5.58. The lowest BCUT2D eigenvalue weighted by molar-refractivity contribution is -0.146. The van der Waals surface area contributed by atoms with Crippen LogP contribution in [0.4, 0.5) is 19.0 Å². The molecule has 7 nitrogen and oxygen atoms in total. The van der Waals surface area contributed by atoms with Gasteiger partial charge in [-0.3, -0.25) is 0 Å². The molecule has 0 atom stereocenters. The summed E-state index contributed by atoms with van der Waals surface area (Å²) in [6.07, 6.45) is -4.02. The maximum absolute atomic E-state index is 13.1. The fourth-order valence-corrected chi connectivity index (χ4v) is 2.83. The van der Waals surface area contributed by atoms with Gasteiger partial charge < -0.3 is 14.8 Å². The summed E-state index contributed by atoms with van der Waals surface area (Å²) < 4.78 is 50.6. The number of ether oxygens (including phenoxy) is 2. The van der Waals surface area contributed by atoms with Crippen molar-refractivity contribution in [1.29, 1.82) is 0 Å². The van der Waals surface area contributed by atoms with Gasteiger partial charge in [-0.25, -0.2) is 0 Å². The van der Waals surface area contributed by atoms with E-state index in [0.29, 0.717) is 35.8 Å². The third-order valence-corrected chi connectivity index (χ3v) is 4.50. The minimum atomic E-state index is -4.63. The van der Waals surface area contributed by atoms with Gasteiger partial charge in [0.25, 0.3) is 5.82 Å². The zero-order valence-corrected chi connectivity index (χ0v) is 15.9. The predicted octanol–water partition coefficient (Wildman–Crippen LogP) is 3.43. The SMILES string of the molecule is COc1ccc(CCNc2nn3c(C(F)(F)F)nnc3c(C)c2C)cc1OC. The number of nitrogens with zero attached hydrogens (tertiary/aromatic N) is 4. The molecule has 0 aliphatic carbocycles. The van der Waals surface area contributed by atoms with Gasteiger partial charge in [-0.05, 0) is 43.5 Å². The van der Waals surface area contributed by atoms with Crippen molar-refractivity contribution < 1.29 is 22.6 Å². The van der Waals surface area contributed by atoms with Crippen LogP contribution in [0.2, 0.25) is 0 Å². The first-order valence-electron chi connectivity index (χ1n) is 8.50. The number of halogens is 3. The summed E-state index contributed by atoms with van der Waals surface area (Å²) in [7, 11) is 3.12. The molecular formula is C18H20F3N5O2. The zero-order valence-electron chi connectivity index (χ0n) is 15.9. The van der Waals surface area contributed by atoms with Crippen molar-refractivity contribution in [1.82, 2.24) is 19.8 Å². The molecule has 3 rings (SSSR count). The van der Waals surface area contributed by atoms with Crippen LogP contribution in [-0.2, 0) is 12.6 Å². The van der Waals surface area contributed by atoms with Crippen LogP contribution in [0.15, 0.2) is 18.2 Å². The van der Waals surface area contributed by atoms with Crippen molar-refractivity contribution in [3.05, 3.63) is 40.7 Å². The van der Waals surface area contributed by atoms with Gasteiger partial charge in [-0.15, -0.1) is 15.3 Å². The smallest absolute Gasteiger partial charge is 0.453 e. The first-order valence-corrected chi connectivity index (χ1v) is 8.50. The maximum atomic E-state index is 13.1. The molecule has 28 heavy (non-hydrogen) atoms. The van der Waals surface area contributed by atoms with E-state index in [1.54, 1.807) is 34.1 Å². The second-order valence-corrected chi connectivity index (χ2v) is 6.22. The summed E-state index contributed by atoms with van der Waals surface area (Å²) in [5, 5.41) is 14.0. The molecule has 2 heterocycles. The number of hydrogen-bond acceptors (Lipinski definition) is 6. The highest BCUT2D eigenvalue weighted by Crippen LogP contribution is 2.30. The third-order valence-electron chi connectivity index (χ3n) is 4.50. The Labute approximate surface area is 159 Å². The fraction of sp³-hybridized carbons (Fsp3) is 0.389. The van der Waals surface area contributed by atoms with Gasteiger partial charge in [-0.2, -0.15) is 17.7 Å². The Kier molecular flexibility index (Phi) is 5.30. The summed E-state index contributed by atoms with van der Waals surface area (Å²) in [5.41, 5.74) is 2.39. The number of nitrogens with one attached hydrogen (secondary N) is 1. The molecule has 0 saturated carbocycles. The number of fused-ring (bicyclic) bond motifs is 1. The first-order chi connectivity index (χ1) is 13.3. The standard InChI is InChI=1S/C18H20F3N5O2/c1-10-11(2)16-23-24-17(18(19,20)21)26(16)25-15(10)22-8-7-12-5-6-13(27-3)14(9-12)28-4/h5-6,9H,7-8H2,1-4H3,(H,22,25). The number of hydrogen-bond donors (Lipinski definition) is 1. The van der Waals surface area contributed by atoms with Gasteiger partial charge in [0.15, 0.2) is 17.1 Å². The summed E-state index contributed by atoms with van der Waals surface area (Å²) in [4.78, 5) is 0. The van der Waals surface area contributed by atoms with Crippen LogP contribution in [0.1, 0.15) is 22.5 Å². The average Bonchev–Trinajstić information content (AvgIpc) is 3.09. The number of benzene rings is 1. The number of aryl methyl sites for hydroxylation is 1. The molecule has 0 amide bonds. The van der Waals surface area contributed by atoms with Gasteiger partial charge in [0.05, 0.1) is 14.2 Å². The van der Waals surface area contributed by atoms with Crippen LogP contribution in [0, 0.1) is 13.8 Å². The van der Waals surface area contributed by atoms with Gasteiger partial charge in [0, 0.05) is 12.1 Å². The largest absolute Gasteiger partial charge is 0.493 e. The quantitative estimate of drug-likeness (QED) is 0.689. The van der Waals surface area contributed by atoms with Crippen LogP contribution in [0.5, 0.6) is 11.5 Å². The predicted molar refractivity (Wildman–Crippen MR) is 97.0 cm³/mol. The lowest BCUT2D eigenvalue weighted by Gasteiger charge is -2.13. The molecule has 0 bridgehead atoms. The molecule has 2 aromatic heterocycles. The number of aromatic nitrogens is 4. The monoisotopic (exact) mass is 395 g/mol. The Morgan fingerprint density at radius 1 is 1.04 bits per heavy atom. The Morgan fingerprint density at radius 3 is 2.39 bits per heavy atom. The van der Waals surface area contributed by atoms with Crippen LogP contribution in [0.25, 0.3) is 5.65 Å². The van der Waals surface area contributed by atoms with Crippen LogP contribution >= 0.6 is 0 Å². The van der Waals surface area contributed by atoms with E-state index in [1.807, 2.05) is 12.1 Å². The topological polar surface area (TPSA) is 73.6 Å². The van der Waals surface area contributed by atoms with E-state index >= 15 is 0 Å². The van der Waals surface area contributed by atoms with Crippen molar-refractivity contribution >= 4 is 11.5 Å². The van der Waals surface area contributed by atoms with E-state index in [9.17, 15) is 13.2 Å². The second kappa shape index (κ2) is 7.53. The Morgan fingerprint density at radius 2 is 1.75 bits per heavy atom. The number of anilines is 1. The highest BCUT2D eigenvalue weighted by atomic mass is 19.4. The molecule has 0 aliphatic heterocycles. The Hall–Kier alpha value is -3.04. The van der Waals surface area contributed by atoms with Crippen LogP contribution in [0.3, 0.4) is 0 Å². The summed E-state index contributed by atoms with van der Waals surface area (Å²) in [5.74, 6) is 0.459. The Balaban J connectivity index is 1.82. The molecule has 0 radical (unpaired) electrons. The average molecular weight is 395 g/mol. The van der Waals surface area contributed by atoms with Crippen LogP contribution in [-0.4, -0.2) is 40.6 Å². The summed E-state index contributed by atoms with van der Waals surface area (Å²) in [6.45, 7) is 3.95. The molecule has 1 aromatic carbocycles. The van der Waals surface area contributed by atoms with Crippen molar-refractivity contribution in [3.63, 3.8) is 0 Å². The van der Waals surface area contributed by atoms with Crippen molar-refractivity contribution in [2.75, 3.05) is 26.1 Å². The number of rotatable bonds is 6. The minimum absolute atomic E-state index is 0.0928. The fourth-order valence-electron chi connectivity index (χ4n) is 2.83. The molecular weight excluding hydrogens is 375 g/mol. The van der Waals surface area contributed by atoms with Crippen LogP contribution < -0.4 is 14.8 Å². The van der Waals surface area contributed by atoms with Crippen molar-refractivity contribution in [2.24, 2.45) is 0 Å². The van der Waals surface area contributed by atoms with E-state index in [0.717, 1.165) is 15.6 Å². The number of methoxy groups -OCH3 is 2. The molecule has 3 aromatic rings. The number of alkyl halides is 3. The van der Waals surface area contributed by atoms with E-state index < -0.39 is 12.0 Å². The van der Waals surface area contributed by atoms with Gasteiger partial charge in [-0.1, -0.05) is 6.07 Å². The summed E-state index contributed by atoms with van der Waals surface area (Å²) >= 11 is 0. The highest BCUT2D eigenvalue weighted by Gasteiger charge is 2.38. The molecule has 0 spiro atoms. The van der Waals surface area contributed by atoms with Crippen molar-refractivity contribution in [2.45, 2.75) is 26.4 Å². The molecule has 0 aliphatic rings. The molecule has 0 saturated heterocycles. The van der Waals surface area contributed by atoms with E-state index in [4.69, 9.17) is 9.47 Å². The normalized spacial score (nSPS) is 11.7. The van der Waals surface area contributed by atoms with E-state index in [2.05, 4.69) is 20.6 Å². The molecule has 10 heteroatoms. The van der Waals surface area contributed by atoms with Gasteiger partial charge in [0.2, 0.25) is 0 Å². The molecule has 0 unspecified atom stereocenters. The lowest BCUT2D eigenvalue weighted by Crippen LogP contribution is -2.16. The Bertz CT molecular complexity index is 1000. The first kappa shape index (κ1) is 19.7. The third kappa shape index (κ3) is 3.67. The van der Waals surface area contributed by atoms with Gasteiger partial charge in [0.1, 0.15) is 5.82 Å². The zero-order chi connectivity index (χ0) is 20.5. The molecule has 150 valence electrons. The lowest BCUT2D eigenvalue weighted by atomic mass is 10.1. The molecule has 0 fully saturated rings. The van der Waals surface area contributed by atoms with Crippen molar-refractivity contribution in [3.8, 4) is 11.5 Å². The van der Waals surface area contributed by atoms with E-state index in [1.165, 1.54) is 0 Å². The maximum Gasteiger partial charge on any atom is 0.453 e.